The van der Waals surface area contributed by atoms with Crippen molar-refractivity contribution in [3.8, 4) is 0 Å². The van der Waals surface area contributed by atoms with Crippen molar-refractivity contribution in [2.24, 2.45) is 17.8 Å². The third-order valence-corrected chi connectivity index (χ3v) is 4.46. The second-order valence-electron chi connectivity index (χ2n) is 5.76. The molecule has 5 atom stereocenters. The SMILES string of the molecule is CCC(C)C(C)C(O)N1CC(COC)C[C@H]1C. The van der Waals surface area contributed by atoms with Crippen molar-refractivity contribution in [1.82, 2.24) is 4.90 Å². The highest BCUT2D eigenvalue weighted by Gasteiger charge is 2.36. The number of ether oxygens (including phenoxy) is 1. The second-order valence-corrected chi connectivity index (χ2v) is 5.76. The molecule has 3 nitrogen and oxygen atoms in total. The maximum Gasteiger partial charge on any atom is 0.110 e. The first-order valence-electron chi connectivity index (χ1n) is 6.93. The van der Waals surface area contributed by atoms with Crippen molar-refractivity contribution in [2.45, 2.75) is 52.8 Å². The van der Waals surface area contributed by atoms with E-state index in [9.17, 15) is 5.11 Å². The van der Waals surface area contributed by atoms with Gasteiger partial charge in [-0.1, -0.05) is 27.2 Å². The Hall–Kier alpha value is -0.120. The summed E-state index contributed by atoms with van der Waals surface area (Å²) < 4.78 is 5.22. The van der Waals surface area contributed by atoms with E-state index in [2.05, 4.69) is 32.6 Å². The number of hydrogen-bond donors (Lipinski definition) is 1. The van der Waals surface area contributed by atoms with Gasteiger partial charge in [0.2, 0.25) is 0 Å². The van der Waals surface area contributed by atoms with E-state index >= 15 is 0 Å². The van der Waals surface area contributed by atoms with Crippen molar-refractivity contribution in [2.75, 3.05) is 20.3 Å². The molecule has 3 heteroatoms. The van der Waals surface area contributed by atoms with Crippen LogP contribution in [-0.4, -0.2) is 42.5 Å². The number of hydrogen-bond acceptors (Lipinski definition) is 3. The van der Waals surface area contributed by atoms with Crippen LogP contribution in [0.3, 0.4) is 0 Å². The van der Waals surface area contributed by atoms with Crippen molar-refractivity contribution >= 4 is 0 Å². The fraction of sp³-hybridized carbons (Fsp3) is 1.00. The van der Waals surface area contributed by atoms with Crippen molar-refractivity contribution in [3.05, 3.63) is 0 Å². The Morgan fingerprint density at radius 3 is 2.59 bits per heavy atom. The average molecular weight is 243 g/mol. The zero-order chi connectivity index (χ0) is 13.0. The van der Waals surface area contributed by atoms with Crippen LogP contribution >= 0.6 is 0 Å². The van der Waals surface area contributed by atoms with Gasteiger partial charge in [-0.2, -0.15) is 0 Å². The quantitative estimate of drug-likeness (QED) is 0.777. The molecule has 102 valence electrons. The Kier molecular flexibility index (Phi) is 5.90. The average Bonchev–Trinajstić information content (AvgIpc) is 2.68. The molecule has 1 N–H and O–H groups in total. The third-order valence-electron chi connectivity index (χ3n) is 4.46. The van der Waals surface area contributed by atoms with Gasteiger partial charge in [-0.15, -0.1) is 0 Å². The fourth-order valence-corrected chi connectivity index (χ4v) is 2.86. The van der Waals surface area contributed by atoms with Gasteiger partial charge in [-0.05, 0) is 31.1 Å². The topological polar surface area (TPSA) is 32.7 Å². The van der Waals surface area contributed by atoms with Crippen molar-refractivity contribution in [3.63, 3.8) is 0 Å². The number of methoxy groups -OCH3 is 1. The maximum absolute atomic E-state index is 10.5. The van der Waals surface area contributed by atoms with Gasteiger partial charge in [-0.25, -0.2) is 0 Å². The molecule has 1 rings (SSSR count). The lowest BCUT2D eigenvalue weighted by molar-refractivity contribution is -0.0565. The van der Waals surface area contributed by atoms with Gasteiger partial charge >= 0.3 is 0 Å². The molecule has 4 unspecified atom stereocenters. The first-order chi connectivity index (χ1) is 8.01. The minimum atomic E-state index is -0.304. The van der Waals surface area contributed by atoms with Gasteiger partial charge < -0.3 is 9.84 Å². The van der Waals surface area contributed by atoms with Gasteiger partial charge in [-0.3, -0.25) is 4.90 Å². The van der Waals surface area contributed by atoms with Crippen LogP contribution < -0.4 is 0 Å². The first kappa shape index (κ1) is 14.9. The van der Waals surface area contributed by atoms with E-state index in [1.165, 1.54) is 0 Å². The monoisotopic (exact) mass is 243 g/mol. The van der Waals surface area contributed by atoms with Crippen LogP contribution in [0.5, 0.6) is 0 Å². The van der Waals surface area contributed by atoms with Crippen LogP contribution in [-0.2, 0) is 4.74 Å². The van der Waals surface area contributed by atoms with Crippen LogP contribution in [0.2, 0.25) is 0 Å². The van der Waals surface area contributed by atoms with Crippen LogP contribution in [0.1, 0.15) is 40.5 Å². The minimum Gasteiger partial charge on any atom is -0.384 e. The highest BCUT2D eigenvalue weighted by molar-refractivity contribution is 4.85. The van der Waals surface area contributed by atoms with Gasteiger partial charge in [0.05, 0.1) is 6.61 Å². The summed E-state index contributed by atoms with van der Waals surface area (Å²) in [6.45, 7) is 10.6. The number of aliphatic hydroxyl groups is 1. The zero-order valence-electron chi connectivity index (χ0n) is 12.0. The summed E-state index contributed by atoms with van der Waals surface area (Å²) in [5.74, 6) is 1.48. The minimum absolute atomic E-state index is 0.304. The molecule has 1 aliphatic heterocycles. The van der Waals surface area contributed by atoms with Gasteiger partial charge in [0.15, 0.2) is 0 Å². The summed E-state index contributed by atoms with van der Waals surface area (Å²) in [5.41, 5.74) is 0. The number of nitrogens with zero attached hydrogens (tertiary/aromatic N) is 1. The molecular weight excluding hydrogens is 214 g/mol. The lowest BCUT2D eigenvalue weighted by Crippen LogP contribution is -2.43. The normalized spacial score (nSPS) is 31.4. The fourth-order valence-electron chi connectivity index (χ4n) is 2.86. The molecule has 0 radical (unpaired) electrons. The Morgan fingerprint density at radius 1 is 1.41 bits per heavy atom. The van der Waals surface area contributed by atoms with E-state index in [1.807, 2.05) is 0 Å². The van der Waals surface area contributed by atoms with Crippen molar-refractivity contribution in [1.29, 1.82) is 0 Å². The zero-order valence-corrected chi connectivity index (χ0v) is 12.0. The summed E-state index contributed by atoms with van der Waals surface area (Å²) in [7, 11) is 1.76. The van der Waals surface area contributed by atoms with Crippen LogP contribution in [0.4, 0.5) is 0 Å². The van der Waals surface area contributed by atoms with Crippen LogP contribution in [0.25, 0.3) is 0 Å². The molecule has 17 heavy (non-hydrogen) atoms. The van der Waals surface area contributed by atoms with Crippen LogP contribution in [0.15, 0.2) is 0 Å². The molecule has 0 bridgehead atoms. The molecule has 0 aromatic heterocycles. The Balaban J connectivity index is 2.54. The predicted octanol–water partition coefficient (Wildman–Crippen LogP) is 2.34. The molecule has 0 amide bonds. The summed E-state index contributed by atoms with van der Waals surface area (Å²) in [6.07, 6.45) is 1.96. The number of likely N-dealkylation sites (tertiary alicyclic amines) is 1. The molecule has 1 aliphatic rings. The van der Waals surface area contributed by atoms with E-state index in [0.717, 1.165) is 26.0 Å². The summed E-state index contributed by atoms with van der Waals surface area (Å²) in [4.78, 5) is 2.25. The molecule has 1 heterocycles. The Labute approximate surface area is 106 Å². The van der Waals surface area contributed by atoms with Crippen LogP contribution in [0, 0.1) is 17.8 Å². The predicted molar refractivity (Wildman–Crippen MR) is 70.8 cm³/mol. The molecule has 0 aliphatic carbocycles. The maximum atomic E-state index is 10.5. The molecule has 0 aromatic rings. The Bertz CT molecular complexity index is 222. The molecule has 0 saturated carbocycles. The van der Waals surface area contributed by atoms with Gasteiger partial charge in [0, 0.05) is 19.7 Å². The molecule has 1 saturated heterocycles. The standard InChI is InChI=1S/C14H29NO2/c1-6-10(2)12(4)14(16)15-8-13(9-17-5)7-11(15)3/h10-14,16H,6-9H2,1-5H3/t10?,11-,12?,13?,14?/m1/s1. The summed E-state index contributed by atoms with van der Waals surface area (Å²) in [5, 5.41) is 10.5. The molecule has 0 aromatic carbocycles. The van der Waals surface area contributed by atoms with E-state index in [-0.39, 0.29) is 6.23 Å². The summed E-state index contributed by atoms with van der Waals surface area (Å²) >= 11 is 0. The highest BCUT2D eigenvalue weighted by atomic mass is 16.5. The van der Waals surface area contributed by atoms with Gasteiger partial charge in [0.1, 0.15) is 6.23 Å². The molecule has 0 spiro atoms. The van der Waals surface area contributed by atoms with Gasteiger partial charge in [0.25, 0.3) is 0 Å². The Morgan fingerprint density at radius 2 is 2.06 bits per heavy atom. The third kappa shape index (κ3) is 3.67. The second kappa shape index (κ2) is 6.72. The lowest BCUT2D eigenvalue weighted by atomic mass is 9.91. The largest absolute Gasteiger partial charge is 0.384 e. The van der Waals surface area contributed by atoms with E-state index in [0.29, 0.717) is 23.8 Å². The van der Waals surface area contributed by atoms with Crippen molar-refractivity contribution < 1.29 is 9.84 Å². The summed E-state index contributed by atoms with van der Waals surface area (Å²) in [6, 6.07) is 0.469. The number of rotatable bonds is 6. The van der Waals surface area contributed by atoms with E-state index < -0.39 is 0 Å². The van der Waals surface area contributed by atoms with E-state index in [1.54, 1.807) is 7.11 Å². The first-order valence-corrected chi connectivity index (χ1v) is 6.93. The highest BCUT2D eigenvalue weighted by Crippen LogP contribution is 2.29. The molecule has 1 fully saturated rings. The molecular formula is C14H29NO2. The van der Waals surface area contributed by atoms with E-state index in [4.69, 9.17) is 4.74 Å². The lowest BCUT2D eigenvalue weighted by Gasteiger charge is -2.34. The number of aliphatic hydroxyl groups excluding tert-OH is 1. The smallest absolute Gasteiger partial charge is 0.110 e.